The third-order valence-electron chi connectivity index (χ3n) is 4.76. The summed E-state index contributed by atoms with van der Waals surface area (Å²) in [6.45, 7) is 19.3. The highest BCUT2D eigenvalue weighted by Gasteiger charge is 2.39. The first-order chi connectivity index (χ1) is 9.74. The van der Waals surface area contributed by atoms with Gasteiger partial charge in [-0.15, -0.1) is 0 Å². The van der Waals surface area contributed by atoms with Crippen molar-refractivity contribution in [3.63, 3.8) is 0 Å². The Kier molecular flexibility index (Phi) is 6.97. The van der Waals surface area contributed by atoms with Gasteiger partial charge in [-0.1, -0.05) is 13.8 Å². The Morgan fingerprint density at radius 2 is 1.20 bits per heavy atom. The molecule has 2 aliphatic rings. The van der Waals surface area contributed by atoms with Crippen LogP contribution in [0.3, 0.4) is 0 Å². The van der Waals surface area contributed by atoms with Gasteiger partial charge in [-0.05, 0) is 35.4 Å². The lowest BCUT2D eigenvalue weighted by Gasteiger charge is -2.28. The summed E-state index contributed by atoms with van der Waals surface area (Å²) in [7, 11) is 4.26. The maximum atomic E-state index is 2.65. The Morgan fingerprint density at radius 3 is 1.50 bits per heavy atom. The molecule has 0 aromatic carbocycles. The largest absolute Gasteiger partial charge is 0.309 e. The number of rotatable bonds is 7. The predicted molar refractivity (Wildman–Crippen MR) is 90.0 cm³/mol. The molecule has 2 N–H and O–H groups in total. The van der Waals surface area contributed by atoms with E-state index in [1.165, 1.54) is 52.4 Å². The van der Waals surface area contributed by atoms with Crippen LogP contribution in [-0.2, 0) is 0 Å². The lowest BCUT2D eigenvalue weighted by molar-refractivity contribution is -0.901. The van der Waals surface area contributed by atoms with Crippen molar-refractivity contribution in [3.8, 4) is 0 Å². The first-order valence-corrected chi connectivity index (χ1v) is 10.5. The summed E-state index contributed by atoms with van der Waals surface area (Å²) in [4.78, 5) is 8.80. The van der Waals surface area contributed by atoms with Gasteiger partial charge in [0, 0.05) is 13.1 Å². The molecule has 0 aromatic rings. The number of nitrogens with one attached hydrogen (secondary N) is 2. The van der Waals surface area contributed by atoms with Gasteiger partial charge < -0.3 is 9.80 Å². The zero-order valence-electron chi connectivity index (χ0n) is 13.5. The van der Waals surface area contributed by atoms with Gasteiger partial charge in [0.15, 0.2) is 0 Å². The molecule has 0 saturated carbocycles. The number of likely N-dealkylation sites (N-methyl/N-ethyl adjacent to an activating group) is 4. The van der Waals surface area contributed by atoms with Crippen molar-refractivity contribution in [1.82, 2.24) is 9.80 Å². The van der Waals surface area contributed by atoms with Crippen LogP contribution in [0, 0.1) is 0 Å². The van der Waals surface area contributed by atoms with Gasteiger partial charge >= 0.3 is 0 Å². The molecule has 2 heterocycles. The van der Waals surface area contributed by atoms with E-state index in [4.69, 9.17) is 0 Å². The standard InChI is InChI=1S/C14H30N4S2/c1-5-15-9-10-16(6-2)13(15)19-20-14-17(7-3)11-12-18(14)8-4/h13-14H,5-12H2,1-4H3/p+2. The number of hydrogen-bond acceptors (Lipinski definition) is 4. The van der Waals surface area contributed by atoms with Crippen molar-refractivity contribution in [2.24, 2.45) is 0 Å². The molecule has 2 saturated heterocycles. The monoisotopic (exact) mass is 320 g/mol. The first kappa shape index (κ1) is 16.9. The summed E-state index contributed by atoms with van der Waals surface area (Å²) in [5.74, 6) is 0. The van der Waals surface area contributed by atoms with E-state index < -0.39 is 0 Å². The van der Waals surface area contributed by atoms with Gasteiger partial charge in [-0.2, -0.15) is 0 Å². The molecule has 0 aliphatic carbocycles. The third-order valence-corrected chi connectivity index (χ3v) is 7.93. The quantitative estimate of drug-likeness (QED) is 0.610. The second kappa shape index (κ2) is 8.25. The molecule has 4 unspecified atom stereocenters. The maximum Gasteiger partial charge on any atom is 0.202 e. The van der Waals surface area contributed by atoms with E-state index in [-0.39, 0.29) is 0 Å². The van der Waals surface area contributed by atoms with Crippen molar-refractivity contribution in [1.29, 1.82) is 0 Å². The molecule has 2 fully saturated rings. The molecule has 0 bridgehead atoms. The fourth-order valence-electron chi connectivity index (χ4n) is 3.29. The van der Waals surface area contributed by atoms with Crippen LogP contribution in [0.4, 0.5) is 0 Å². The Labute approximate surface area is 132 Å². The fourth-order valence-corrected chi connectivity index (χ4v) is 7.27. The molecule has 2 rings (SSSR count). The van der Waals surface area contributed by atoms with Crippen molar-refractivity contribution in [2.45, 2.75) is 38.7 Å². The van der Waals surface area contributed by atoms with E-state index in [0.717, 1.165) is 0 Å². The molecule has 0 amide bonds. The highest BCUT2D eigenvalue weighted by Crippen LogP contribution is 2.31. The Morgan fingerprint density at radius 1 is 0.800 bits per heavy atom. The van der Waals surface area contributed by atoms with E-state index in [2.05, 4.69) is 59.1 Å². The molecule has 0 radical (unpaired) electrons. The smallest absolute Gasteiger partial charge is 0.202 e. The molecule has 0 spiro atoms. The van der Waals surface area contributed by atoms with Crippen LogP contribution in [0.2, 0.25) is 0 Å². The summed E-state index contributed by atoms with van der Waals surface area (Å²) in [5, 5.41) is 0. The van der Waals surface area contributed by atoms with Crippen molar-refractivity contribution < 1.29 is 9.80 Å². The van der Waals surface area contributed by atoms with E-state index in [9.17, 15) is 0 Å². The van der Waals surface area contributed by atoms with Gasteiger partial charge in [-0.25, -0.2) is 9.80 Å². The fraction of sp³-hybridized carbons (Fsp3) is 1.00. The Balaban J connectivity index is 1.91. The van der Waals surface area contributed by atoms with Crippen LogP contribution >= 0.6 is 21.6 Å². The lowest BCUT2D eigenvalue weighted by atomic mass is 10.6. The summed E-state index contributed by atoms with van der Waals surface area (Å²) >= 11 is 0. The van der Waals surface area contributed by atoms with Crippen molar-refractivity contribution >= 4 is 21.6 Å². The van der Waals surface area contributed by atoms with Crippen LogP contribution in [0.25, 0.3) is 0 Å². The molecule has 2 aliphatic heterocycles. The van der Waals surface area contributed by atoms with Gasteiger partial charge in [0.1, 0.15) is 0 Å². The van der Waals surface area contributed by atoms with Gasteiger partial charge in [-0.3, -0.25) is 0 Å². The predicted octanol–water partition coefficient (Wildman–Crippen LogP) is -0.584. The van der Waals surface area contributed by atoms with Gasteiger partial charge in [0.05, 0.1) is 39.3 Å². The zero-order valence-corrected chi connectivity index (χ0v) is 15.2. The summed E-state index contributed by atoms with van der Waals surface area (Å²) in [5.41, 5.74) is 1.32. The minimum atomic E-state index is 0.660. The molecule has 118 valence electrons. The Bertz CT molecular complexity index is 240. The van der Waals surface area contributed by atoms with Crippen LogP contribution in [0.5, 0.6) is 0 Å². The maximum absolute atomic E-state index is 2.65. The second-order valence-corrected chi connectivity index (χ2v) is 8.11. The summed E-state index contributed by atoms with van der Waals surface area (Å²) < 4.78 is 0. The van der Waals surface area contributed by atoms with Crippen LogP contribution < -0.4 is 9.80 Å². The molecule has 0 aromatic heterocycles. The van der Waals surface area contributed by atoms with Crippen LogP contribution in [0.15, 0.2) is 0 Å². The topological polar surface area (TPSA) is 15.4 Å². The zero-order chi connectivity index (χ0) is 14.5. The number of quaternary nitrogens is 2. The minimum Gasteiger partial charge on any atom is -0.309 e. The first-order valence-electron chi connectivity index (χ1n) is 8.24. The number of hydrogen-bond donors (Lipinski definition) is 2. The van der Waals surface area contributed by atoms with Crippen molar-refractivity contribution in [2.75, 3.05) is 52.4 Å². The van der Waals surface area contributed by atoms with E-state index in [1.807, 2.05) is 0 Å². The van der Waals surface area contributed by atoms with Gasteiger partial charge in [0.2, 0.25) is 11.0 Å². The van der Waals surface area contributed by atoms with Crippen LogP contribution in [-0.4, -0.2) is 73.2 Å². The lowest BCUT2D eigenvalue weighted by Crippen LogP contribution is -3.14. The highest BCUT2D eigenvalue weighted by molar-refractivity contribution is 8.77. The number of nitrogens with zero attached hydrogens (tertiary/aromatic N) is 2. The molecule has 6 heteroatoms. The third kappa shape index (κ3) is 3.65. The average Bonchev–Trinajstić information content (AvgIpc) is 3.07. The molecular formula is C14H32N4S2+2. The SMILES string of the molecule is CCN1CC[NH+](CC)C1SSC1N(CC)CC[NH+]1CC. The highest BCUT2D eigenvalue weighted by atomic mass is 33.1. The Hall–Kier alpha value is 0.540. The summed E-state index contributed by atoms with van der Waals surface area (Å²) in [6, 6.07) is 0. The van der Waals surface area contributed by atoms with E-state index >= 15 is 0 Å². The molecule has 4 nitrogen and oxygen atoms in total. The molecular weight excluding hydrogens is 288 g/mol. The summed E-state index contributed by atoms with van der Waals surface area (Å²) in [6.07, 6.45) is 0. The normalized spacial score (nSPS) is 36.0. The second-order valence-electron chi connectivity index (χ2n) is 5.68. The van der Waals surface area contributed by atoms with Crippen LogP contribution in [0.1, 0.15) is 27.7 Å². The van der Waals surface area contributed by atoms with E-state index in [1.54, 1.807) is 9.80 Å². The minimum absolute atomic E-state index is 0.660. The van der Waals surface area contributed by atoms with Crippen molar-refractivity contribution in [3.05, 3.63) is 0 Å². The van der Waals surface area contributed by atoms with Gasteiger partial charge in [0.25, 0.3) is 0 Å². The molecule has 20 heavy (non-hydrogen) atoms. The van der Waals surface area contributed by atoms with E-state index in [0.29, 0.717) is 11.0 Å². The average molecular weight is 321 g/mol. The molecule has 4 atom stereocenters.